The second-order valence-corrected chi connectivity index (χ2v) is 4.06. The molecule has 1 rings (SSSR count). The van der Waals surface area contributed by atoms with Gasteiger partial charge in [0.15, 0.2) is 0 Å². The lowest BCUT2D eigenvalue weighted by atomic mass is 10.0. The maximum atomic E-state index is 5.81. The lowest BCUT2D eigenvalue weighted by Crippen LogP contribution is -2.36. The van der Waals surface area contributed by atoms with Crippen LogP contribution in [0.25, 0.3) is 0 Å². The topological polar surface area (TPSA) is 48.1 Å². The summed E-state index contributed by atoms with van der Waals surface area (Å²) in [5.41, 5.74) is 7.59. The third kappa shape index (κ3) is 3.29. The van der Waals surface area contributed by atoms with Gasteiger partial charge in [-0.15, -0.1) is 0 Å². The van der Waals surface area contributed by atoms with Crippen molar-refractivity contribution in [2.24, 2.45) is 5.73 Å². The van der Waals surface area contributed by atoms with Crippen LogP contribution in [0.15, 0.2) is 18.3 Å². The van der Waals surface area contributed by atoms with Crippen molar-refractivity contribution < 1.29 is 4.74 Å². The number of hydrogen-bond donors (Lipinski definition) is 1. The largest absolute Gasteiger partial charge is 0.368 e. The molecule has 0 amide bonds. The third-order valence-corrected chi connectivity index (χ3v) is 2.85. The van der Waals surface area contributed by atoms with Gasteiger partial charge in [0, 0.05) is 12.7 Å². The van der Waals surface area contributed by atoms with Crippen molar-refractivity contribution in [1.29, 1.82) is 0 Å². The quantitative estimate of drug-likeness (QED) is 0.805. The molecule has 0 aliphatic heterocycles. The van der Waals surface area contributed by atoms with E-state index in [2.05, 4.69) is 11.9 Å². The van der Waals surface area contributed by atoms with Gasteiger partial charge in [-0.3, -0.25) is 4.98 Å². The second kappa shape index (κ2) is 5.24. The lowest BCUT2D eigenvalue weighted by molar-refractivity contribution is -0.0403. The zero-order chi connectivity index (χ0) is 11.3. The van der Waals surface area contributed by atoms with E-state index >= 15 is 0 Å². The molecular weight excluding hydrogens is 188 g/mol. The molecule has 0 spiro atoms. The lowest BCUT2D eigenvalue weighted by Gasteiger charge is -2.26. The molecule has 15 heavy (non-hydrogen) atoms. The molecule has 0 bridgehead atoms. The van der Waals surface area contributed by atoms with Crippen molar-refractivity contribution in [3.05, 3.63) is 29.6 Å². The third-order valence-electron chi connectivity index (χ3n) is 2.85. The highest BCUT2D eigenvalue weighted by molar-refractivity contribution is 5.16. The summed E-state index contributed by atoms with van der Waals surface area (Å²) in [6.07, 6.45) is 2.70. The van der Waals surface area contributed by atoms with E-state index in [1.165, 1.54) is 0 Å². The van der Waals surface area contributed by atoms with Crippen molar-refractivity contribution in [3.63, 3.8) is 0 Å². The number of rotatable bonds is 5. The Labute approximate surface area is 91.7 Å². The van der Waals surface area contributed by atoms with Crippen LogP contribution in [0.2, 0.25) is 0 Å². The summed E-state index contributed by atoms with van der Waals surface area (Å²) in [5, 5.41) is 0. The Morgan fingerprint density at radius 2 is 2.27 bits per heavy atom. The fourth-order valence-electron chi connectivity index (χ4n) is 1.22. The molecule has 0 aromatic carbocycles. The molecule has 0 saturated heterocycles. The fourth-order valence-corrected chi connectivity index (χ4v) is 1.22. The summed E-state index contributed by atoms with van der Waals surface area (Å²) in [6, 6.07) is 3.97. The molecule has 2 N–H and O–H groups in total. The molecule has 1 aromatic heterocycles. The van der Waals surface area contributed by atoms with Gasteiger partial charge in [0.1, 0.15) is 0 Å². The molecule has 0 saturated carbocycles. The predicted molar refractivity (Wildman–Crippen MR) is 61.5 cm³/mol. The number of ether oxygens (including phenoxy) is 1. The standard InChI is InChI=1S/C12H20N2O/c1-4-12(3,9-13)15-8-11-10(2)6-5-7-14-11/h5-7H,4,8-9,13H2,1-3H3. The van der Waals surface area contributed by atoms with Crippen LogP contribution >= 0.6 is 0 Å². The number of hydrogen-bond acceptors (Lipinski definition) is 3. The fraction of sp³-hybridized carbons (Fsp3) is 0.583. The van der Waals surface area contributed by atoms with Crippen LogP contribution in [-0.2, 0) is 11.3 Å². The maximum absolute atomic E-state index is 5.81. The Morgan fingerprint density at radius 3 is 2.80 bits per heavy atom. The Morgan fingerprint density at radius 1 is 1.53 bits per heavy atom. The van der Waals surface area contributed by atoms with E-state index in [1.807, 2.05) is 26.0 Å². The Kier molecular flexibility index (Phi) is 4.24. The van der Waals surface area contributed by atoms with Crippen LogP contribution in [0, 0.1) is 6.92 Å². The van der Waals surface area contributed by atoms with Crippen molar-refractivity contribution in [2.75, 3.05) is 6.54 Å². The predicted octanol–water partition coefficient (Wildman–Crippen LogP) is 2.03. The highest BCUT2D eigenvalue weighted by Crippen LogP contribution is 2.16. The molecule has 0 aliphatic carbocycles. The van der Waals surface area contributed by atoms with Crippen molar-refractivity contribution in [2.45, 2.75) is 39.4 Å². The first-order valence-electron chi connectivity index (χ1n) is 5.36. The van der Waals surface area contributed by atoms with Gasteiger partial charge in [-0.25, -0.2) is 0 Å². The van der Waals surface area contributed by atoms with Gasteiger partial charge in [-0.1, -0.05) is 13.0 Å². The Balaban J connectivity index is 2.61. The van der Waals surface area contributed by atoms with E-state index in [4.69, 9.17) is 10.5 Å². The van der Waals surface area contributed by atoms with Crippen LogP contribution in [-0.4, -0.2) is 17.1 Å². The number of pyridine rings is 1. The zero-order valence-electron chi connectivity index (χ0n) is 9.79. The number of nitrogens with zero attached hydrogens (tertiary/aromatic N) is 1. The number of aryl methyl sites for hydroxylation is 1. The molecule has 1 heterocycles. The van der Waals surface area contributed by atoms with E-state index < -0.39 is 0 Å². The molecular formula is C12H20N2O. The average Bonchev–Trinajstić information content (AvgIpc) is 2.28. The summed E-state index contributed by atoms with van der Waals surface area (Å²) >= 11 is 0. The van der Waals surface area contributed by atoms with E-state index in [0.717, 1.165) is 17.7 Å². The van der Waals surface area contributed by atoms with Crippen LogP contribution in [0.1, 0.15) is 31.5 Å². The second-order valence-electron chi connectivity index (χ2n) is 4.06. The minimum atomic E-state index is -0.232. The molecule has 0 radical (unpaired) electrons. The van der Waals surface area contributed by atoms with Gasteiger partial charge in [0.2, 0.25) is 0 Å². The van der Waals surface area contributed by atoms with E-state index in [0.29, 0.717) is 13.2 Å². The van der Waals surface area contributed by atoms with Gasteiger partial charge in [0.25, 0.3) is 0 Å². The molecule has 1 aromatic rings. The zero-order valence-corrected chi connectivity index (χ0v) is 9.79. The minimum absolute atomic E-state index is 0.232. The monoisotopic (exact) mass is 208 g/mol. The Bertz CT molecular complexity index is 308. The SMILES string of the molecule is CCC(C)(CN)OCc1ncccc1C. The molecule has 1 unspecified atom stereocenters. The molecule has 84 valence electrons. The molecule has 3 nitrogen and oxygen atoms in total. The normalized spacial score (nSPS) is 14.9. The number of nitrogens with two attached hydrogens (primary N) is 1. The first-order valence-corrected chi connectivity index (χ1v) is 5.36. The van der Waals surface area contributed by atoms with E-state index in [9.17, 15) is 0 Å². The first-order chi connectivity index (χ1) is 7.11. The van der Waals surface area contributed by atoms with Gasteiger partial charge in [-0.2, -0.15) is 0 Å². The summed E-state index contributed by atoms with van der Waals surface area (Å²) in [7, 11) is 0. The highest BCUT2D eigenvalue weighted by atomic mass is 16.5. The smallest absolute Gasteiger partial charge is 0.0898 e. The maximum Gasteiger partial charge on any atom is 0.0898 e. The first kappa shape index (κ1) is 12.1. The van der Waals surface area contributed by atoms with Crippen LogP contribution in [0.5, 0.6) is 0 Å². The number of aromatic nitrogens is 1. The Hall–Kier alpha value is -0.930. The van der Waals surface area contributed by atoms with E-state index in [1.54, 1.807) is 6.20 Å². The van der Waals surface area contributed by atoms with Crippen molar-refractivity contribution in [3.8, 4) is 0 Å². The highest BCUT2D eigenvalue weighted by Gasteiger charge is 2.20. The molecule has 0 aliphatic rings. The van der Waals surface area contributed by atoms with Gasteiger partial charge in [0.05, 0.1) is 17.9 Å². The average molecular weight is 208 g/mol. The van der Waals surface area contributed by atoms with Crippen LogP contribution in [0.4, 0.5) is 0 Å². The summed E-state index contributed by atoms with van der Waals surface area (Å²) in [5.74, 6) is 0. The van der Waals surface area contributed by atoms with Crippen molar-refractivity contribution >= 4 is 0 Å². The van der Waals surface area contributed by atoms with Crippen LogP contribution < -0.4 is 5.73 Å². The minimum Gasteiger partial charge on any atom is -0.368 e. The van der Waals surface area contributed by atoms with Crippen molar-refractivity contribution in [1.82, 2.24) is 4.98 Å². The molecule has 1 atom stereocenters. The summed E-state index contributed by atoms with van der Waals surface area (Å²) in [4.78, 5) is 4.28. The summed E-state index contributed by atoms with van der Waals surface area (Å²) < 4.78 is 5.81. The van der Waals surface area contributed by atoms with Gasteiger partial charge >= 0.3 is 0 Å². The molecule has 0 fully saturated rings. The van der Waals surface area contributed by atoms with Gasteiger partial charge in [-0.05, 0) is 31.9 Å². The van der Waals surface area contributed by atoms with E-state index in [-0.39, 0.29) is 5.60 Å². The van der Waals surface area contributed by atoms with Crippen LogP contribution in [0.3, 0.4) is 0 Å². The summed E-state index contributed by atoms with van der Waals surface area (Å²) in [6.45, 7) is 7.23. The van der Waals surface area contributed by atoms with Gasteiger partial charge < -0.3 is 10.5 Å². The molecule has 3 heteroatoms.